The Morgan fingerprint density at radius 3 is 1.60 bits per heavy atom. The van der Waals surface area contributed by atoms with Crippen LogP contribution in [0, 0.1) is 0 Å². The van der Waals surface area contributed by atoms with Crippen molar-refractivity contribution in [3.8, 4) is 28.7 Å². The number of hydrogen-bond donors (Lipinski definition) is 0. The molecule has 0 bridgehead atoms. The zero-order valence-corrected chi connectivity index (χ0v) is 18.9. The van der Waals surface area contributed by atoms with Gasteiger partial charge in [0.15, 0.2) is 0 Å². The van der Waals surface area contributed by atoms with Crippen molar-refractivity contribution in [1.82, 2.24) is 0 Å². The molecule has 0 amide bonds. The third-order valence-electron chi connectivity index (χ3n) is 4.36. The maximum absolute atomic E-state index is 12.3. The molecule has 0 aromatic heterocycles. The third-order valence-corrected chi connectivity index (χ3v) is 4.36. The van der Waals surface area contributed by atoms with E-state index in [4.69, 9.17) is 28.4 Å². The number of esters is 2. The molecule has 0 saturated carbocycles. The molecule has 0 aliphatic rings. The van der Waals surface area contributed by atoms with Gasteiger partial charge in [-0.1, -0.05) is 19.2 Å². The number of carbonyl (C=O) groups is 2. The van der Waals surface area contributed by atoms with Crippen LogP contribution in [0.1, 0.15) is 10.4 Å². The van der Waals surface area contributed by atoms with Gasteiger partial charge in [0.1, 0.15) is 35.4 Å². The third kappa shape index (κ3) is 8.29. The lowest BCUT2D eigenvalue weighted by atomic mass is 10.2. The van der Waals surface area contributed by atoms with E-state index in [2.05, 4.69) is 13.2 Å². The van der Waals surface area contributed by atoms with E-state index >= 15 is 0 Å². The summed E-state index contributed by atoms with van der Waals surface area (Å²) in [6.07, 6.45) is 2.70. The van der Waals surface area contributed by atoms with Crippen LogP contribution in [0.5, 0.6) is 28.7 Å². The number of rotatable bonds is 13. The summed E-state index contributed by atoms with van der Waals surface area (Å²) < 4.78 is 31.9. The molecule has 0 heterocycles. The van der Waals surface area contributed by atoms with Gasteiger partial charge in [0.05, 0.1) is 5.56 Å². The van der Waals surface area contributed by atoms with Crippen LogP contribution in [-0.2, 0) is 9.53 Å². The lowest BCUT2D eigenvalue weighted by Gasteiger charge is -2.10. The Morgan fingerprint density at radius 2 is 1.09 bits per heavy atom. The quantitative estimate of drug-likeness (QED) is 0.113. The van der Waals surface area contributed by atoms with Crippen molar-refractivity contribution in [3.63, 3.8) is 0 Å². The Hall–Kier alpha value is -4.72. The highest BCUT2D eigenvalue weighted by molar-refractivity contribution is 5.91. The topological polar surface area (TPSA) is 89.5 Å². The highest BCUT2D eigenvalue weighted by Gasteiger charge is 2.09. The summed E-state index contributed by atoms with van der Waals surface area (Å²) in [4.78, 5) is 23.3. The van der Waals surface area contributed by atoms with Crippen molar-refractivity contribution in [2.45, 2.75) is 0 Å². The Labute approximate surface area is 202 Å². The zero-order chi connectivity index (χ0) is 24.9. The highest BCUT2D eigenvalue weighted by Crippen LogP contribution is 2.21. The fourth-order valence-electron chi connectivity index (χ4n) is 2.62. The second-order valence-electron chi connectivity index (χ2n) is 6.79. The molecule has 0 spiro atoms. The number of benzene rings is 3. The molecule has 0 unspecified atom stereocenters. The Balaban J connectivity index is 1.41. The van der Waals surface area contributed by atoms with Gasteiger partial charge in [-0.05, 0) is 72.8 Å². The Kier molecular flexibility index (Phi) is 9.32. The summed E-state index contributed by atoms with van der Waals surface area (Å²) in [7, 11) is 0. The smallest absolute Gasteiger partial charge is 0.343 e. The first kappa shape index (κ1) is 24.9. The second-order valence-corrected chi connectivity index (χ2v) is 6.79. The van der Waals surface area contributed by atoms with Gasteiger partial charge in [0.2, 0.25) is 13.6 Å². The molecule has 0 radical (unpaired) electrons. The summed E-state index contributed by atoms with van der Waals surface area (Å²) in [6, 6.07) is 19.9. The van der Waals surface area contributed by atoms with Crippen LogP contribution in [0.3, 0.4) is 0 Å². The van der Waals surface area contributed by atoms with Gasteiger partial charge in [0.25, 0.3) is 0 Å². The van der Waals surface area contributed by atoms with E-state index in [0.717, 1.165) is 6.08 Å². The highest BCUT2D eigenvalue weighted by atomic mass is 16.7. The maximum Gasteiger partial charge on any atom is 0.343 e. The molecule has 3 aromatic carbocycles. The Bertz CT molecular complexity index is 1120. The largest absolute Gasteiger partial charge is 0.490 e. The fourth-order valence-corrected chi connectivity index (χ4v) is 2.62. The van der Waals surface area contributed by atoms with Crippen LogP contribution in [0.15, 0.2) is 98.1 Å². The van der Waals surface area contributed by atoms with Crippen molar-refractivity contribution < 1.29 is 38.0 Å². The second kappa shape index (κ2) is 13.1. The van der Waals surface area contributed by atoms with Gasteiger partial charge in [0, 0.05) is 6.08 Å². The average Bonchev–Trinajstić information content (AvgIpc) is 2.89. The van der Waals surface area contributed by atoms with E-state index in [1.807, 2.05) is 0 Å². The predicted molar refractivity (Wildman–Crippen MR) is 128 cm³/mol. The molecule has 0 saturated heterocycles. The van der Waals surface area contributed by atoms with Gasteiger partial charge in [-0.3, -0.25) is 0 Å². The summed E-state index contributed by atoms with van der Waals surface area (Å²) in [6.45, 7) is 7.04. The summed E-state index contributed by atoms with van der Waals surface area (Å²) in [5.41, 5.74) is 0.402. The monoisotopic (exact) mass is 476 g/mol. The van der Waals surface area contributed by atoms with Gasteiger partial charge < -0.3 is 28.4 Å². The molecule has 0 aliphatic carbocycles. The molecule has 3 rings (SSSR count). The summed E-state index contributed by atoms with van der Waals surface area (Å²) in [5.74, 6) is 1.59. The zero-order valence-electron chi connectivity index (χ0n) is 18.9. The molecular weight excluding hydrogens is 452 g/mol. The summed E-state index contributed by atoms with van der Waals surface area (Å²) >= 11 is 0. The van der Waals surface area contributed by atoms with E-state index in [1.165, 1.54) is 0 Å². The van der Waals surface area contributed by atoms with Crippen molar-refractivity contribution in [1.29, 1.82) is 0 Å². The van der Waals surface area contributed by atoms with Gasteiger partial charge >= 0.3 is 11.9 Å². The standard InChI is InChI=1S/C27H24O8/c1-3-17-30-21-7-5-20(6-8-21)27(29)35-25-15-13-24(14-16-25)32-18-31-22-9-11-23(12-10-22)33-19-34-26(28)4-2/h3-16H,1-2,17-19H2. The maximum atomic E-state index is 12.3. The Morgan fingerprint density at radius 1 is 0.629 bits per heavy atom. The average molecular weight is 476 g/mol. The fraction of sp³-hybridized carbons (Fsp3) is 0.111. The number of ether oxygens (including phenoxy) is 6. The van der Waals surface area contributed by atoms with E-state index in [0.29, 0.717) is 40.9 Å². The summed E-state index contributed by atoms with van der Waals surface area (Å²) in [5, 5.41) is 0. The van der Waals surface area contributed by atoms with Crippen LogP contribution in [0.25, 0.3) is 0 Å². The number of carbonyl (C=O) groups excluding carboxylic acids is 2. The molecule has 180 valence electrons. The molecular formula is C27H24O8. The first-order chi connectivity index (χ1) is 17.1. The van der Waals surface area contributed by atoms with E-state index < -0.39 is 11.9 Å². The van der Waals surface area contributed by atoms with Crippen molar-refractivity contribution >= 4 is 11.9 Å². The predicted octanol–water partition coefficient (Wildman–Crippen LogP) is 4.95. The SMILES string of the molecule is C=CCOc1ccc(C(=O)Oc2ccc(OCOc3ccc(OCOC(=O)C=C)cc3)cc2)cc1. The van der Waals surface area contributed by atoms with E-state index in [9.17, 15) is 9.59 Å². The van der Waals surface area contributed by atoms with E-state index in [1.54, 1.807) is 78.9 Å². The molecule has 0 aliphatic heterocycles. The molecule has 0 atom stereocenters. The minimum absolute atomic E-state index is 0.0312. The van der Waals surface area contributed by atoms with Crippen LogP contribution in [0.4, 0.5) is 0 Å². The van der Waals surface area contributed by atoms with Crippen molar-refractivity contribution in [3.05, 3.63) is 104 Å². The van der Waals surface area contributed by atoms with Crippen LogP contribution >= 0.6 is 0 Å². The van der Waals surface area contributed by atoms with Gasteiger partial charge in [-0.15, -0.1) is 0 Å². The van der Waals surface area contributed by atoms with Crippen molar-refractivity contribution in [2.75, 3.05) is 20.2 Å². The van der Waals surface area contributed by atoms with Crippen molar-refractivity contribution in [2.24, 2.45) is 0 Å². The number of hydrogen-bond acceptors (Lipinski definition) is 8. The normalized spacial score (nSPS) is 9.94. The first-order valence-electron chi connectivity index (χ1n) is 10.5. The van der Waals surface area contributed by atoms with Gasteiger partial charge in [-0.2, -0.15) is 0 Å². The molecule has 3 aromatic rings. The lowest BCUT2D eigenvalue weighted by molar-refractivity contribution is -0.144. The van der Waals surface area contributed by atoms with Crippen LogP contribution in [0.2, 0.25) is 0 Å². The minimum atomic E-state index is -0.561. The van der Waals surface area contributed by atoms with Crippen LogP contribution < -0.4 is 23.7 Å². The first-order valence-corrected chi connectivity index (χ1v) is 10.5. The minimum Gasteiger partial charge on any atom is -0.490 e. The molecule has 0 N–H and O–H groups in total. The molecule has 8 nitrogen and oxygen atoms in total. The van der Waals surface area contributed by atoms with Gasteiger partial charge in [-0.25, -0.2) is 9.59 Å². The lowest BCUT2D eigenvalue weighted by Crippen LogP contribution is -2.09. The van der Waals surface area contributed by atoms with Crippen LogP contribution in [-0.4, -0.2) is 32.1 Å². The molecule has 35 heavy (non-hydrogen) atoms. The molecule has 8 heteroatoms. The molecule has 0 fully saturated rings. The van der Waals surface area contributed by atoms with E-state index in [-0.39, 0.29) is 13.6 Å².